The van der Waals surface area contributed by atoms with E-state index in [4.69, 9.17) is 16.3 Å². The van der Waals surface area contributed by atoms with Crippen molar-refractivity contribution in [3.8, 4) is 0 Å². The summed E-state index contributed by atoms with van der Waals surface area (Å²) in [4.78, 5) is 14.5. The second-order valence-electron chi connectivity index (χ2n) is 5.32. The van der Waals surface area contributed by atoms with Crippen molar-refractivity contribution >= 4 is 23.5 Å². The van der Waals surface area contributed by atoms with E-state index in [0.717, 1.165) is 0 Å². The first kappa shape index (κ1) is 15.2. The van der Waals surface area contributed by atoms with E-state index < -0.39 is 0 Å². The zero-order valence-electron chi connectivity index (χ0n) is 11.9. The van der Waals surface area contributed by atoms with Crippen molar-refractivity contribution in [2.24, 2.45) is 0 Å². The van der Waals surface area contributed by atoms with Gasteiger partial charge in [-0.05, 0) is 32.4 Å². The van der Waals surface area contributed by atoms with E-state index in [1.165, 1.54) is 0 Å². The average molecular weight is 302 g/mol. The number of nitrogens with zero attached hydrogens (tertiary/aromatic N) is 4. The number of rotatable bonds is 4. The molecule has 112 valence electrons. The lowest BCUT2D eigenvalue weighted by molar-refractivity contribution is -0.101. The number of morpholine rings is 1. The summed E-state index contributed by atoms with van der Waals surface area (Å²) in [5.74, 6) is 0.947. The maximum absolute atomic E-state index is 9.34. The number of ether oxygens (including phenoxy) is 1. The molecule has 1 aromatic rings. The molecule has 0 spiro atoms. The number of hydrogen-bond acceptors (Lipinski definition) is 7. The fraction of sp³-hybridized carbons (Fsp3) is 0.750. The predicted octanol–water partition coefficient (Wildman–Crippen LogP) is 0.933. The topological polar surface area (TPSA) is 83.4 Å². The highest BCUT2D eigenvalue weighted by atomic mass is 35.5. The zero-order chi connectivity index (χ0) is 14.8. The van der Waals surface area contributed by atoms with Crippen LogP contribution < -0.4 is 10.2 Å². The molecule has 1 aliphatic heterocycles. The molecular formula is C12H20ClN5O2. The van der Waals surface area contributed by atoms with Gasteiger partial charge in [0, 0.05) is 19.6 Å². The highest BCUT2D eigenvalue weighted by Gasteiger charge is 2.34. The third-order valence-corrected chi connectivity index (χ3v) is 3.07. The van der Waals surface area contributed by atoms with Crippen LogP contribution in [-0.4, -0.2) is 58.0 Å². The molecule has 0 bridgehead atoms. The number of anilines is 2. The number of aliphatic hydroxyl groups excluding tert-OH is 1. The van der Waals surface area contributed by atoms with Crippen molar-refractivity contribution in [1.29, 1.82) is 0 Å². The van der Waals surface area contributed by atoms with Crippen LogP contribution in [0.5, 0.6) is 0 Å². The summed E-state index contributed by atoms with van der Waals surface area (Å²) in [6, 6.07) is 0. The van der Waals surface area contributed by atoms with Crippen molar-refractivity contribution in [1.82, 2.24) is 15.0 Å². The monoisotopic (exact) mass is 301 g/mol. The van der Waals surface area contributed by atoms with Crippen molar-refractivity contribution < 1.29 is 9.84 Å². The molecule has 0 saturated carbocycles. The van der Waals surface area contributed by atoms with Crippen LogP contribution >= 0.6 is 11.6 Å². The third-order valence-electron chi connectivity index (χ3n) is 2.90. The summed E-state index contributed by atoms with van der Waals surface area (Å²) in [5, 5.41) is 12.5. The van der Waals surface area contributed by atoms with E-state index in [0.29, 0.717) is 31.5 Å². The van der Waals surface area contributed by atoms with Crippen molar-refractivity contribution in [2.75, 3.05) is 36.5 Å². The van der Waals surface area contributed by atoms with E-state index in [-0.39, 0.29) is 23.6 Å². The maximum Gasteiger partial charge on any atom is 0.231 e. The molecule has 2 heterocycles. The van der Waals surface area contributed by atoms with E-state index >= 15 is 0 Å². The average Bonchev–Trinajstić information content (AvgIpc) is 2.36. The van der Waals surface area contributed by atoms with Crippen LogP contribution in [0.15, 0.2) is 0 Å². The first-order chi connectivity index (χ1) is 9.43. The Morgan fingerprint density at radius 2 is 2.20 bits per heavy atom. The number of halogens is 1. The summed E-state index contributed by atoms with van der Waals surface area (Å²) in [7, 11) is 0. The first-order valence-corrected chi connectivity index (χ1v) is 7.00. The van der Waals surface area contributed by atoms with Gasteiger partial charge in [0.2, 0.25) is 17.2 Å². The molecule has 0 radical (unpaired) electrons. The number of aliphatic hydroxyl groups is 1. The lowest BCUT2D eigenvalue weighted by Crippen LogP contribution is -2.54. The second kappa shape index (κ2) is 6.07. The number of aromatic nitrogens is 3. The lowest BCUT2D eigenvalue weighted by atomic mass is 10.1. The molecule has 8 heteroatoms. The molecule has 0 aliphatic carbocycles. The van der Waals surface area contributed by atoms with Gasteiger partial charge in [-0.1, -0.05) is 0 Å². The van der Waals surface area contributed by atoms with Gasteiger partial charge in [-0.3, -0.25) is 0 Å². The van der Waals surface area contributed by atoms with E-state index in [9.17, 15) is 5.11 Å². The van der Waals surface area contributed by atoms with Gasteiger partial charge in [0.25, 0.3) is 0 Å². The maximum atomic E-state index is 9.34. The molecule has 1 aliphatic rings. The van der Waals surface area contributed by atoms with E-state index in [2.05, 4.69) is 20.3 Å². The van der Waals surface area contributed by atoms with Crippen LogP contribution in [0.25, 0.3) is 0 Å². The van der Waals surface area contributed by atoms with Crippen molar-refractivity contribution in [3.63, 3.8) is 0 Å². The predicted molar refractivity (Wildman–Crippen MR) is 77.3 cm³/mol. The Morgan fingerprint density at radius 1 is 1.45 bits per heavy atom. The van der Waals surface area contributed by atoms with Gasteiger partial charge in [-0.15, -0.1) is 0 Å². The highest BCUT2D eigenvalue weighted by molar-refractivity contribution is 6.28. The van der Waals surface area contributed by atoms with Crippen molar-refractivity contribution in [3.05, 3.63) is 5.28 Å². The molecular weight excluding hydrogens is 282 g/mol. The van der Waals surface area contributed by atoms with Gasteiger partial charge in [0.15, 0.2) is 0 Å². The summed E-state index contributed by atoms with van der Waals surface area (Å²) in [5.41, 5.74) is -0.386. The summed E-state index contributed by atoms with van der Waals surface area (Å²) in [6.07, 6.45) is -0.267. The van der Waals surface area contributed by atoms with Gasteiger partial charge in [-0.25, -0.2) is 0 Å². The van der Waals surface area contributed by atoms with E-state index in [1.54, 1.807) is 0 Å². The van der Waals surface area contributed by atoms with Crippen LogP contribution in [0, 0.1) is 0 Å². The smallest absolute Gasteiger partial charge is 0.231 e. The Hall–Kier alpha value is -1.18. The van der Waals surface area contributed by atoms with Gasteiger partial charge >= 0.3 is 0 Å². The molecule has 1 unspecified atom stereocenters. The molecule has 0 amide bonds. The van der Waals surface area contributed by atoms with Crippen LogP contribution in [0.2, 0.25) is 5.28 Å². The minimum atomic E-state index is -0.386. The molecule has 1 aromatic heterocycles. The Balaban J connectivity index is 2.25. The van der Waals surface area contributed by atoms with Crippen LogP contribution in [-0.2, 0) is 4.74 Å². The quantitative estimate of drug-likeness (QED) is 0.856. The Kier molecular flexibility index (Phi) is 4.62. The lowest BCUT2D eigenvalue weighted by Gasteiger charge is -2.42. The Labute approximate surface area is 123 Å². The van der Waals surface area contributed by atoms with Gasteiger partial charge in [-0.2, -0.15) is 15.0 Å². The Morgan fingerprint density at radius 3 is 2.85 bits per heavy atom. The number of hydrogen-bond donors (Lipinski definition) is 2. The normalized spacial score (nSPS) is 21.9. The minimum absolute atomic E-state index is 0.0428. The molecule has 1 saturated heterocycles. The molecule has 0 aromatic carbocycles. The largest absolute Gasteiger partial charge is 0.394 e. The zero-order valence-corrected chi connectivity index (χ0v) is 12.7. The molecule has 1 fully saturated rings. The minimum Gasteiger partial charge on any atom is -0.394 e. The number of nitrogens with one attached hydrogen (secondary N) is 1. The Bertz CT molecular complexity index is 471. The summed E-state index contributed by atoms with van der Waals surface area (Å²) < 4.78 is 5.77. The third kappa shape index (κ3) is 3.68. The van der Waals surface area contributed by atoms with Gasteiger partial charge in [0.05, 0.1) is 18.3 Å². The summed E-state index contributed by atoms with van der Waals surface area (Å²) >= 11 is 5.94. The molecule has 2 rings (SSSR count). The van der Waals surface area contributed by atoms with Crippen LogP contribution in [0.4, 0.5) is 11.9 Å². The highest BCUT2D eigenvalue weighted by Crippen LogP contribution is 2.24. The van der Waals surface area contributed by atoms with Crippen LogP contribution in [0.1, 0.15) is 20.8 Å². The van der Waals surface area contributed by atoms with Crippen LogP contribution in [0.3, 0.4) is 0 Å². The second-order valence-corrected chi connectivity index (χ2v) is 5.66. The molecule has 1 atom stereocenters. The van der Waals surface area contributed by atoms with E-state index in [1.807, 2.05) is 25.7 Å². The molecule has 7 nitrogen and oxygen atoms in total. The SMILES string of the molecule is CCNc1nc(Cl)nc(N2CC(CO)OC(C)(C)C2)n1. The van der Waals surface area contributed by atoms with Crippen molar-refractivity contribution in [2.45, 2.75) is 32.5 Å². The summed E-state index contributed by atoms with van der Waals surface area (Å²) in [6.45, 7) is 7.69. The molecule has 2 N–H and O–H groups in total. The van der Waals surface area contributed by atoms with Gasteiger partial charge < -0.3 is 20.1 Å². The fourth-order valence-corrected chi connectivity index (χ4v) is 2.42. The standard InChI is InChI=1S/C12H20ClN5O2/c1-4-14-10-15-9(13)16-11(17-10)18-5-8(6-19)20-12(2,3)7-18/h8,19H,4-7H2,1-3H3,(H,14,15,16,17). The van der Waals surface area contributed by atoms with Gasteiger partial charge in [0.1, 0.15) is 0 Å². The fourth-order valence-electron chi connectivity index (χ4n) is 2.26. The molecule has 20 heavy (non-hydrogen) atoms. The first-order valence-electron chi connectivity index (χ1n) is 6.62.